The van der Waals surface area contributed by atoms with E-state index in [0.717, 1.165) is 49.1 Å². The predicted octanol–water partition coefficient (Wildman–Crippen LogP) is 8.84. The summed E-state index contributed by atoms with van der Waals surface area (Å²) in [7, 11) is -1.10. The maximum absolute atomic E-state index is 12.8. The van der Waals surface area contributed by atoms with Gasteiger partial charge in [-0.2, -0.15) is 0 Å². The van der Waals surface area contributed by atoms with Gasteiger partial charge in [0.05, 0.1) is 16.5 Å². The van der Waals surface area contributed by atoms with Crippen molar-refractivity contribution in [2.24, 2.45) is 0 Å². The summed E-state index contributed by atoms with van der Waals surface area (Å²) in [6.07, 6.45) is 3.71. The maximum Gasteiger partial charge on any atom is 0.141 e. The molecule has 4 aromatic rings. The molecule has 42 heavy (non-hydrogen) atoms. The number of nitrogens with two attached hydrogens (primary N) is 1. The number of hydrogen-bond acceptors (Lipinski definition) is 7. The van der Waals surface area contributed by atoms with Crippen LogP contribution in [0.3, 0.4) is 0 Å². The molecule has 0 radical (unpaired) electrons. The van der Waals surface area contributed by atoms with Crippen molar-refractivity contribution in [3.05, 3.63) is 127 Å². The van der Waals surface area contributed by atoms with Crippen molar-refractivity contribution >= 4 is 55.2 Å². The van der Waals surface area contributed by atoms with Gasteiger partial charge in [0, 0.05) is 40.0 Å². The van der Waals surface area contributed by atoms with Crippen LogP contribution in [0.5, 0.6) is 0 Å². The standard InChI is InChI=1S/C20H19N3OS3.C7H3N.C5H4.C2H4/c1-2-3-11-27(24)20-17(21)16-14(13-7-5-4-6-8-13)12-15(23-19(16)26-20)18-22-9-10-25-18;1-2-3-4-5-6-7-8;1-3-5-4-2;1-2/h4-10,12H,2-3,11,21H2,1H3;8H,1H2;1-2H2;1-2H2. The second kappa shape index (κ2) is 20.9. The number of fused-ring (bicyclic) bond motifs is 1. The average molecular weight is 607 g/mol. The molecule has 1 unspecified atom stereocenters. The minimum atomic E-state index is -1.10. The molecule has 0 spiro atoms. The Balaban J connectivity index is 0.000000491. The molecule has 0 saturated carbocycles. The van der Waals surface area contributed by atoms with Crippen LogP contribution >= 0.6 is 22.7 Å². The summed E-state index contributed by atoms with van der Waals surface area (Å²) in [5, 5.41) is 10.0. The van der Waals surface area contributed by atoms with Crippen molar-refractivity contribution in [2.45, 2.75) is 24.0 Å². The van der Waals surface area contributed by atoms with Crippen LogP contribution in [0.1, 0.15) is 19.8 Å². The second-order valence-corrected chi connectivity index (χ2v) is 11.1. The zero-order valence-corrected chi connectivity index (χ0v) is 25.8. The van der Waals surface area contributed by atoms with E-state index in [4.69, 9.17) is 16.1 Å². The SMILES string of the molecule is C=C.C=C=C=C=C.C=C=C=C=C=C=C=N.CCCCS(=O)c1sc2nc(-c3nccs3)cc(-c3ccccc3)c2c1N. The number of unbranched alkanes of at least 4 members (excludes halogenated alkanes) is 1. The van der Waals surface area contributed by atoms with Crippen molar-refractivity contribution in [1.29, 1.82) is 5.41 Å². The first-order valence-corrected chi connectivity index (χ1v) is 15.3. The highest BCUT2D eigenvalue weighted by Crippen LogP contribution is 2.42. The third kappa shape index (κ3) is 10.9. The Morgan fingerprint density at radius 2 is 1.67 bits per heavy atom. The molecular weight excluding hydrogens is 577 g/mol. The molecular formula is C34H30N4OS3. The van der Waals surface area contributed by atoms with Crippen LogP contribution < -0.4 is 5.73 Å². The lowest BCUT2D eigenvalue weighted by molar-refractivity contribution is 0.681. The number of aromatic nitrogens is 2. The number of hydrogen-bond donors (Lipinski definition) is 2. The monoisotopic (exact) mass is 606 g/mol. The molecule has 3 aromatic heterocycles. The van der Waals surface area contributed by atoms with Crippen molar-refractivity contribution in [3.63, 3.8) is 0 Å². The largest absolute Gasteiger partial charge is 0.396 e. The van der Waals surface area contributed by atoms with Gasteiger partial charge in [0.15, 0.2) is 0 Å². The number of nitrogens with one attached hydrogen (secondary N) is 1. The first-order chi connectivity index (χ1) is 20.5. The van der Waals surface area contributed by atoms with Gasteiger partial charge in [0.2, 0.25) is 0 Å². The van der Waals surface area contributed by atoms with E-state index >= 15 is 0 Å². The van der Waals surface area contributed by atoms with E-state index in [9.17, 15) is 4.21 Å². The third-order valence-corrected chi connectivity index (χ3v) is 8.60. The molecule has 210 valence electrons. The normalized spacial score (nSPS) is 9.17. The van der Waals surface area contributed by atoms with Crippen molar-refractivity contribution in [1.82, 2.24) is 9.97 Å². The van der Waals surface area contributed by atoms with E-state index in [2.05, 4.69) is 103 Å². The smallest absolute Gasteiger partial charge is 0.141 e. The maximum atomic E-state index is 12.8. The Kier molecular flexibility index (Phi) is 17.5. The summed E-state index contributed by atoms with van der Waals surface area (Å²) < 4.78 is 13.5. The molecule has 0 fully saturated rings. The third-order valence-electron chi connectivity index (χ3n) is 4.81. The van der Waals surface area contributed by atoms with Crippen molar-refractivity contribution < 1.29 is 4.21 Å². The van der Waals surface area contributed by atoms with E-state index < -0.39 is 10.8 Å². The quantitative estimate of drug-likeness (QED) is 0.130. The van der Waals surface area contributed by atoms with Gasteiger partial charge in [-0.15, -0.1) is 35.8 Å². The summed E-state index contributed by atoms with van der Waals surface area (Å²) in [4.78, 5) is 10.0. The number of thiophene rings is 1. The zero-order valence-electron chi connectivity index (χ0n) is 23.4. The molecule has 4 rings (SSSR count). The fourth-order valence-corrected chi connectivity index (χ4v) is 6.54. The lowest BCUT2D eigenvalue weighted by atomic mass is 10.0. The Morgan fingerprint density at radius 3 is 2.21 bits per heavy atom. The molecule has 3 N–H and O–H groups in total. The fourth-order valence-electron chi connectivity index (χ4n) is 3.14. The van der Waals surface area contributed by atoms with E-state index in [0.29, 0.717) is 11.4 Å². The predicted molar refractivity (Wildman–Crippen MR) is 181 cm³/mol. The van der Waals surface area contributed by atoms with Crippen LogP contribution in [0.15, 0.2) is 131 Å². The number of nitrogen functional groups attached to an aromatic ring is 1. The molecule has 0 saturated heterocycles. The van der Waals surface area contributed by atoms with Gasteiger partial charge < -0.3 is 5.73 Å². The van der Waals surface area contributed by atoms with Gasteiger partial charge in [0.25, 0.3) is 0 Å². The first kappa shape index (κ1) is 35.1. The van der Waals surface area contributed by atoms with E-state index in [1.807, 2.05) is 35.5 Å². The Morgan fingerprint density at radius 1 is 1.00 bits per heavy atom. The molecule has 0 aliphatic heterocycles. The van der Waals surface area contributed by atoms with Crippen LogP contribution in [-0.2, 0) is 10.8 Å². The lowest BCUT2D eigenvalue weighted by Gasteiger charge is -2.07. The molecule has 0 bridgehead atoms. The average Bonchev–Trinajstić information content (AvgIpc) is 3.69. The highest BCUT2D eigenvalue weighted by molar-refractivity contribution is 7.87. The van der Waals surface area contributed by atoms with Gasteiger partial charge in [-0.25, -0.2) is 9.97 Å². The van der Waals surface area contributed by atoms with Crippen molar-refractivity contribution in [3.8, 4) is 21.8 Å². The molecule has 0 amide bonds. The summed E-state index contributed by atoms with van der Waals surface area (Å²) in [5.41, 5.74) is 28.7. The molecule has 3 heterocycles. The first-order valence-electron chi connectivity index (χ1n) is 12.3. The summed E-state index contributed by atoms with van der Waals surface area (Å²) >= 11 is 3.00. The van der Waals surface area contributed by atoms with Crippen LogP contribution in [-0.4, -0.2) is 25.8 Å². The minimum Gasteiger partial charge on any atom is -0.396 e. The number of thiazole rings is 1. The molecule has 8 heteroatoms. The summed E-state index contributed by atoms with van der Waals surface area (Å²) in [6.45, 7) is 17.7. The topological polar surface area (TPSA) is 92.7 Å². The molecule has 0 aliphatic rings. The number of benzene rings is 1. The van der Waals surface area contributed by atoms with Crippen LogP contribution in [0, 0.1) is 5.41 Å². The highest BCUT2D eigenvalue weighted by Gasteiger charge is 2.21. The highest BCUT2D eigenvalue weighted by atomic mass is 32.2. The number of rotatable bonds is 6. The van der Waals surface area contributed by atoms with E-state index in [1.165, 1.54) is 11.3 Å². The Labute approximate surface area is 257 Å². The molecule has 1 aromatic carbocycles. The van der Waals surface area contributed by atoms with E-state index in [-0.39, 0.29) is 0 Å². The minimum absolute atomic E-state index is 0.599. The number of nitrogens with zero attached hydrogens (tertiary/aromatic N) is 2. The lowest BCUT2D eigenvalue weighted by Crippen LogP contribution is -1.99. The van der Waals surface area contributed by atoms with Gasteiger partial charge in [-0.05, 0) is 60.5 Å². The van der Waals surface area contributed by atoms with Gasteiger partial charge in [0.1, 0.15) is 19.7 Å². The zero-order chi connectivity index (χ0) is 31.2. The summed E-state index contributed by atoms with van der Waals surface area (Å²) in [6, 6.07) is 12.2. The van der Waals surface area contributed by atoms with Crippen LogP contribution in [0.4, 0.5) is 5.69 Å². The van der Waals surface area contributed by atoms with Gasteiger partial charge >= 0.3 is 0 Å². The van der Waals surface area contributed by atoms with Crippen LogP contribution in [0.25, 0.3) is 32.0 Å². The Hall–Kier alpha value is -4.92. The summed E-state index contributed by atoms with van der Waals surface area (Å²) in [5.74, 6) is 2.50. The second-order valence-electron chi connectivity index (χ2n) is 7.43. The number of anilines is 1. The van der Waals surface area contributed by atoms with Gasteiger partial charge in [-0.3, -0.25) is 9.62 Å². The van der Waals surface area contributed by atoms with Gasteiger partial charge in [-0.1, -0.05) is 60.9 Å². The van der Waals surface area contributed by atoms with Crippen molar-refractivity contribution in [2.75, 3.05) is 11.5 Å². The molecule has 1 atom stereocenters. The Bertz CT molecular complexity index is 1780. The molecule has 0 aliphatic carbocycles. The van der Waals surface area contributed by atoms with E-state index in [1.54, 1.807) is 17.5 Å². The number of pyridine rings is 1. The molecule has 5 nitrogen and oxygen atoms in total. The fraction of sp³-hybridized carbons (Fsp3) is 0.118. The van der Waals surface area contributed by atoms with Crippen LogP contribution in [0.2, 0.25) is 0 Å².